The predicted octanol–water partition coefficient (Wildman–Crippen LogP) is 2.18. The molecule has 1 saturated carbocycles. The van der Waals surface area contributed by atoms with Crippen molar-refractivity contribution in [1.29, 1.82) is 0 Å². The highest BCUT2D eigenvalue weighted by Crippen LogP contribution is 2.26. The molecule has 0 radical (unpaired) electrons. The average molecular weight is 241 g/mol. The standard InChI is InChI=1S/C13H23NO3/c1-10(9-13(16)17)8-12(15)14-7-6-11-4-2-3-5-11/h10-11H,2-9H2,1H3,(H,14,15)(H,16,17). The summed E-state index contributed by atoms with van der Waals surface area (Å²) in [5, 5.41) is 11.5. The Hall–Kier alpha value is -1.06. The Labute approximate surface area is 103 Å². The molecule has 98 valence electrons. The van der Waals surface area contributed by atoms with Crippen LogP contribution < -0.4 is 5.32 Å². The molecule has 0 aromatic rings. The second-order valence-electron chi connectivity index (χ2n) is 5.20. The second-order valence-corrected chi connectivity index (χ2v) is 5.20. The highest BCUT2D eigenvalue weighted by Gasteiger charge is 2.16. The first-order chi connectivity index (χ1) is 8.08. The van der Waals surface area contributed by atoms with Gasteiger partial charge in [-0.25, -0.2) is 0 Å². The molecule has 4 heteroatoms. The van der Waals surface area contributed by atoms with Crippen LogP contribution in [0.2, 0.25) is 0 Å². The van der Waals surface area contributed by atoms with E-state index in [4.69, 9.17) is 5.11 Å². The maximum atomic E-state index is 11.5. The van der Waals surface area contributed by atoms with Gasteiger partial charge in [0, 0.05) is 19.4 Å². The number of hydrogen-bond donors (Lipinski definition) is 2. The minimum atomic E-state index is -0.837. The van der Waals surface area contributed by atoms with Crippen LogP contribution in [0.25, 0.3) is 0 Å². The van der Waals surface area contributed by atoms with Crippen LogP contribution in [-0.2, 0) is 9.59 Å². The maximum Gasteiger partial charge on any atom is 0.303 e. The van der Waals surface area contributed by atoms with Crippen molar-refractivity contribution in [3.05, 3.63) is 0 Å². The van der Waals surface area contributed by atoms with Crippen LogP contribution in [0.4, 0.5) is 0 Å². The number of hydrogen-bond acceptors (Lipinski definition) is 2. The monoisotopic (exact) mass is 241 g/mol. The fourth-order valence-electron chi connectivity index (χ4n) is 2.47. The van der Waals surface area contributed by atoms with Gasteiger partial charge in [-0.3, -0.25) is 9.59 Å². The lowest BCUT2D eigenvalue weighted by Crippen LogP contribution is -2.27. The van der Waals surface area contributed by atoms with Gasteiger partial charge >= 0.3 is 5.97 Å². The zero-order valence-electron chi connectivity index (χ0n) is 10.6. The molecule has 1 aliphatic rings. The Kier molecular flexibility index (Phi) is 6.01. The summed E-state index contributed by atoms with van der Waals surface area (Å²) in [5.41, 5.74) is 0. The molecule has 1 unspecified atom stereocenters. The van der Waals surface area contributed by atoms with E-state index in [0.29, 0.717) is 6.42 Å². The molecule has 0 saturated heterocycles. The molecule has 1 aliphatic carbocycles. The summed E-state index contributed by atoms with van der Waals surface area (Å²) in [6, 6.07) is 0. The summed E-state index contributed by atoms with van der Waals surface area (Å²) in [4.78, 5) is 22.0. The third-order valence-corrected chi connectivity index (χ3v) is 3.41. The van der Waals surface area contributed by atoms with Crippen LogP contribution in [0.3, 0.4) is 0 Å². The largest absolute Gasteiger partial charge is 0.481 e. The van der Waals surface area contributed by atoms with E-state index in [2.05, 4.69) is 5.32 Å². The molecular formula is C13H23NO3. The SMILES string of the molecule is CC(CC(=O)O)CC(=O)NCCC1CCCC1. The van der Waals surface area contributed by atoms with Crippen molar-refractivity contribution >= 4 is 11.9 Å². The van der Waals surface area contributed by atoms with Gasteiger partial charge in [0.25, 0.3) is 0 Å². The number of carboxylic acids is 1. The van der Waals surface area contributed by atoms with Crippen molar-refractivity contribution in [2.75, 3.05) is 6.54 Å². The average Bonchev–Trinajstić information content (AvgIpc) is 2.68. The van der Waals surface area contributed by atoms with E-state index in [1.165, 1.54) is 25.7 Å². The van der Waals surface area contributed by atoms with Crippen LogP contribution in [0.15, 0.2) is 0 Å². The summed E-state index contributed by atoms with van der Waals surface area (Å²) >= 11 is 0. The van der Waals surface area contributed by atoms with E-state index in [-0.39, 0.29) is 18.2 Å². The second kappa shape index (κ2) is 7.30. The number of carboxylic acid groups (broad SMARTS) is 1. The Balaban J connectivity index is 2.05. The zero-order chi connectivity index (χ0) is 12.7. The normalized spacial score (nSPS) is 17.9. The number of carbonyl (C=O) groups is 2. The molecule has 17 heavy (non-hydrogen) atoms. The third-order valence-electron chi connectivity index (χ3n) is 3.41. The van der Waals surface area contributed by atoms with Gasteiger partial charge in [-0.2, -0.15) is 0 Å². The summed E-state index contributed by atoms with van der Waals surface area (Å²) in [6.07, 6.45) is 6.70. The molecule has 0 aromatic heterocycles. The van der Waals surface area contributed by atoms with Crippen molar-refractivity contribution in [3.8, 4) is 0 Å². The highest BCUT2D eigenvalue weighted by molar-refractivity contribution is 5.77. The fourth-order valence-corrected chi connectivity index (χ4v) is 2.47. The molecule has 0 heterocycles. The van der Waals surface area contributed by atoms with Crippen LogP contribution in [0.5, 0.6) is 0 Å². The van der Waals surface area contributed by atoms with Crippen molar-refractivity contribution in [3.63, 3.8) is 0 Å². The Morgan fingerprint density at radius 1 is 1.29 bits per heavy atom. The van der Waals surface area contributed by atoms with E-state index in [1.807, 2.05) is 0 Å². The molecule has 0 aromatic carbocycles. The highest BCUT2D eigenvalue weighted by atomic mass is 16.4. The maximum absolute atomic E-state index is 11.5. The summed E-state index contributed by atoms with van der Waals surface area (Å²) in [6.45, 7) is 2.54. The molecule has 1 amide bonds. The summed E-state index contributed by atoms with van der Waals surface area (Å²) in [7, 11) is 0. The van der Waals surface area contributed by atoms with Gasteiger partial charge in [0.05, 0.1) is 0 Å². The van der Waals surface area contributed by atoms with Crippen molar-refractivity contribution in [2.45, 2.75) is 51.9 Å². The third kappa shape index (κ3) is 6.29. The first-order valence-electron chi connectivity index (χ1n) is 6.56. The molecule has 4 nitrogen and oxygen atoms in total. The predicted molar refractivity (Wildman–Crippen MR) is 65.6 cm³/mol. The van der Waals surface area contributed by atoms with Gasteiger partial charge in [-0.15, -0.1) is 0 Å². The van der Waals surface area contributed by atoms with E-state index in [1.54, 1.807) is 6.92 Å². The number of nitrogens with one attached hydrogen (secondary N) is 1. The molecule has 2 N–H and O–H groups in total. The Morgan fingerprint density at radius 3 is 2.53 bits per heavy atom. The zero-order valence-corrected chi connectivity index (χ0v) is 10.6. The van der Waals surface area contributed by atoms with Crippen molar-refractivity contribution in [2.24, 2.45) is 11.8 Å². The van der Waals surface area contributed by atoms with E-state index in [0.717, 1.165) is 18.9 Å². The van der Waals surface area contributed by atoms with Gasteiger partial charge in [-0.05, 0) is 18.3 Å². The van der Waals surface area contributed by atoms with Crippen molar-refractivity contribution < 1.29 is 14.7 Å². The fraction of sp³-hybridized carbons (Fsp3) is 0.846. The minimum Gasteiger partial charge on any atom is -0.481 e. The Bertz CT molecular complexity index is 259. The number of aliphatic carboxylic acids is 1. The lowest BCUT2D eigenvalue weighted by atomic mass is 10.0. The first kappa shape index (κ1) is 14.0. The van der Waals surface area contributed by atoms with Crippen LogP contribution >= 0.6 is 0 Å². The molecule has 0 bridgehead atoms. The Morgan fingerprint density at radius 2 is 1.94 bits per heavy atom. The lowest BCUT2D eigenvalue weighted by molar-refractivity contribution is -0.138. The minimum absolute atomic E-state index is 0.0169. The lowest BCUT2D eigenvalue weighted by Gasteiger charge is -2.11. The van der Waals surface area contributed by atoms with Gasteiger partial charge in [0.2, 0.25) is 5.91 Å². The first-order valence-corrected chi connectivity index (χ1v) is 6.56. The topological polar surface area (TPSA) is 66.4 Å². The van der Waals surface area contributed by atoms with Gasteiger partial charge in [-0.1, -0.05) is 32.6 Å². The van der Waals surface area contributed by atoms with Gasteiger partial charge in [0.15, 0.2) is 0 Å². The summed E-state index contributed by atoms with van der Waals surface area (Å²) < 4.78 is 0. The number of amides is 1. The molecule has 1 fully saturated rings. The summed E-state index contributed by atoms with van der Waals surface area (Å²) in [5.74, 6) is -0.154. The van der Waals surface area contributed by atoms with Crippen molar-refractivity contribution in [1.82, 2.24) is 5.32 Å². The molecule has 1 atom stereocenters. The molecule has 0 aliphatic heterocycles. The van der Waals surface area contributed by atoms with E-state index in [9.17, 15) is 9.59 Å². The smallest absolute Gasteiger partial charge is 0.303 e. The van der Waals surface area contributed by atoms with Crippen LogP contribution in [0.1, 0.15) is 51.9 Å². The molecule has 1 rings (SSSR count). The number of carbonyl (C=O) groups excluding carboxylic acids is 1. The van der Waals surface area contributed by atoms with E-state index >= 15 is 0 Å². The van der Waals surface area contributed by atoms with E-state index < -0.39 is 5.97 Å². The number of rotatable bonds is 7. The van der Waals surface area contributed by atoms with Gasteiger partial charge in [0.1, 0.15) is 0 Å². The van der Waals surface area contributed by atoms with Crippen LogP contribution in [0, 0.1) is 11.8 Å². The molecule has 0 spiro atoms. The van der Waals surface area contributed by atoms with Gasteiger partial charge < -0.3 is 10.4 Å². The molecular weight excluding hydrogens is 218 g/mol. The quantitative estimate of drug-likeness (QED) is 0.718. The van der Waals surface area contributed by atoms with Crippen LogP contribution in [-0.4, -0.2) is 23.5 Å².